The summed E-state index contributed by atoms with van der Waals surface area (Å²) >= 11 is 0. The molecule has 0 saturated carbocycles. The van der Waals surface area contributed by atoms with Crippen molar-refractivity contribution < 1.29 is 17.9 Å². The van der Waals surface area contributed by atoms with Crippen molar-refractivity contribution in [2.75, 3.05) is 12.4 Å². The molecule has 0 bridgehead atoms. The van der Waals surface area contributed by atoms with Gasteiger partial charge < -0.3 is 15.0 Å². The number of aromatic amines is 1. The number of H-pyrrole nitrogens is 1. The van der Waals surface area contributed by atoms with Crippen LogP contribution in [0.5, 0.6) is 11.5 Å². The second-order valence-corrected chi connectivity index (χ2v) is 5.96. The van der Waals surface area contributed by atoms with Crippen LogP contribution in [0.3, 0.4) is 0 Å². The lowest BCUT2D eigenvalue weighted by Gasteiger charge is -2.15. The highest BCUT2D eigenvalue weighted by Gasteiger charge is 2.33. The molecule has 0 saturated heterocycles. The van der Waals surface area contributed by atoms with Crippen LogP contribution in [0.2, 0.25) is 0 Å². The summed E-state index contributed by atoms with van der Waals surface area (Å²) in [5, 5.41) is 2.93. The summed E-state index contributed by atoms with van der Waals surface area (Å²) < 4.78 is 44.8. The van der Waals surface area contributed by atoms with Gasteiger partial charge in [-0.05, 0) is 30.7 Å². The maximum atomic E-state index is 12.8. The minimum absolute atomic E-state index is 0.0718. The third-order valence-electron chi connectivity index (χ3n) is 4.04. The quantitative estimate of drug-likeness (QED) is 0.711. The Bertz CT molecular complexity index is 1100. The third-order valence-corrected chi connectivity index (χ3v) is 4.04. The SMILES string of the molecule is CNc1ccc(-n2c(=O)cc(C(F)(F)F)[nH]c2=O)cc1Oc1ccccc1C. The van der Waals surface area contributed by atoms with Crippen molar-refractivity contribution in [3.8, 4) is 17.2 Å². The topological polar surface area (TPSA) is 76.1 Å². The number of benzene rings is 2. The van der Waals surface area contributed by atoms with Gasteiger partial charge in [-0.3, -0.25) is 4.79 Å². The zero-order valence-corrected chi connectivity index (χ0v) is 14.9. The number of anilines is 1. The number of nitrogens with zero attached hydrogens (tertiary/aromatic N) is 1. The van der Waals surface area contributed by atoms with Crippen LogP contribution in [0.25, 0.3) is 5.69 Å². The smallest absolute Gasteiger partial charge is 0.431 e. The maximum Gasteiger partial charge on any atom is 0.431 e. The summed E-state index contributed by atoms with van der Waals surface area (Å²) in [7, 11) is 1.66. The summed E-state index contributed by atoms with van der Waals surface area (Å²) in [6.07, 6.45) is -4.83. The molecule has 6 nitrogen and oxygen atoms in total. The number of aromatic nitrogens is 2. The molecular formula is C19H16F3N3O3. The van der Waals surface area contributed by atoms with Crippen LogP contribution in [0, 0.1) is 6.92 Å². The Balaban J connectivity index is 2.11. The molecule has 0 aliphatic heterocycles. The van der Waals surface area contributed by atoms with Crippen LogP contribution >= 0.6 is 0 Å². The van der Waals surface area contributed by atoms with E-state index >= 15 is 0 Å². The molecule has 2 aromatic carbocycles. The zero-order chi connectivity index (χ0) is 20.5. The van der Waals surface area contributed by atoms with Gasteiger partial charge in [-0.1, -0.05) is 18.2 Å². The average molecular weight is 391 g/mol. The van der Waals surface area contributed by atoms with Gasteiger partial charge in [-0.25, -0.2) is 9.36 Å². The molecule has 0 fully saturated rings. The van der Waals surface area contributed by atoms with E-state index in [9.17, 15) is 22.8 Å². The average Bonchev–Trinajstić information content (AvgIpc) is 2.62. The summed E-state index contributed by atoms with van der Waals surface area (Å²) in [5.41, 5.74) is -2.19. The van der Waals surface area contributed by atoms with E-state index in [1.807, 2.05) is 19.1 Å². The monoisotopic (exact) mass is 391 g/mol. The molecule has 0 radical (unpaired) electrons. The fourth-order valence-corrected chi connectivity index (χ4v) is 2.62. The van der Waals surface area contributed by atoms with E-state index in [1.54, 1.807) is 30.2 Å². The van der Waals surface area contributed by atoms with Crippen LogP contribution in [0.1, 0.15) is 11.3 Å². The number of alkyl halides is 3. The number of aryl methyl sites for hydroxylation is 1. The Morgan fingerprint density at radius 3 is 2.36 bits per heavy atom. The second-order valence-electron chi connectivity index (χ2n) is 5.96. The van der Waals surface area contributed by atoms with Gasteiger partial charge in [-0.2, -0.15) is 13.2 Å². The first-order valence-electron chi connectivity index (χ1n) is 8.20. The zero-order valence-electron chi connectivity index (χ0n) is 14.9. The number of halogens is 3. The first-order chi connectivity index (χ1) is 13.2. The molecule has 3 rings (SSSR count). The minimum Gasteiger partial charge on any atom is -0.455 e. The number of ether oxygens (including phenoxy) is 1. The highest BCUT2D eigenvalue weighted by molar-refractivity contribution is 5.61. The van der Waals surface area contributed by atoms with Gasteiger partial charge in [-0.15, -0.1) is 0 Å². The Hall–Kier alpha value is -3.49. The second kappa shape index (κ2) is 7.26. The lowest BCUT2D eigenvalue weighted by molar-refractivity contribution is -0.141. The molecule has 3 aromatic rings. The lowest BCUT2D eigenvalue weighted by Crippen LogP contribution is -2.35. The first-order valence-corrected chi connectivity index (χ1v) is 8.20. The highest BCUT2D eigenvalue weighted by atomic mass is 19.4. The number of hydrogen-bond donors (Lipinski definition) is 2. The van der Waals surface area contributed by atoms with E-state index in [1.165, 1.54) is 12.1 Å². The van der Waals surface area contributed by atoms with Gasteiger partial charge in [0.2, 0.25) is 0 Å². The predicted octanol–water partition coefficient (Wildman–Crippen LogP) is 3.69. The van der Waals surface area contributed by atoms with Crippen LogP contribution in [-0.2, 0) is 6.18 Å². The molecule has 1 heterocycles. The minimum atomic E-state index is -4.83. The molecule has 0 atom stereocenters. The van der Waals surface area contributed by atoms with E-state index in [0.717, 1.165) is 5.56 Å². The molecule has 28 heavy (non-hydrogen) atoms. The van der Waals surface area contributed by atoms with Crippen molar-refractivity contribution in [3.05, 3.63) is 80.6 Å². The van der Waals surface area contributed by atoms with Crippen molar-refractivity contribution in [3.63, 3.8) is 0 Å². The largest absolute Gasteiger partial charge is 0.455 e. The van der Waals surface area contributed by atoms with E-state index in [0.29, 0.717) is 27.8 Å². The first kappa shape index (κ1) is 19.3. The molecule has 1 aromatic heterocycles. The number of hydrogen-bond acceptors (Lipinski definition) is 4. The fourth-order valence-electron chi connectivity index (χ4n) is 2.62. The van der Waals surface area contributed by atoms with Crippen LogP contribution in [0.15, 0.2) is 58.1 Å². The Labute approximate surface area is 157 Å². The van der Waals surface area contributed by atoms with Gasteiger partial charge in [0.15, 0.2) is 5.75 Å². The van der Waals surface area contributed by atoms with E-state index in [2.05, 4.69) is 5.32 Å². The van der Waals surface area contributed by atoms with Crippen molar-refractivity contribution in [2.24, 2.45) is 0 Å². The van der Waals surface area contributed by atoms with Gasteiger partial charge >= 0.3 is 11.9 Å². The molecule has 0 amide bonds. The highest BCUT2D eigenvalue weighted by Crippen LogP contribution is 2.32. The molecule has 146 valence electrons. The molecule has 0 aliphatic rings. The summed E-state index contributed by atoms with van der Waals surface area (Å²) in [6.45, 7) is 1.85. The fraction of sp³-hybridized carbons (Fsp3) is 0.158. The summed E-state index contributed by atoms with van der Waals surface area (Å²) in [5.74, 6) is 0.866. The van der Waals surface area contributed by atoms with Crippen molar-refractivity contribution in [2.45, 2.75) is 13.1 Å². The van der Waals surface area contributed by atoms with Crippen LogP contribution in [-0.4, -0.2) is 16.6 Å². The summed E-state index contributed by atoms with van der Waals surface area (Å²) in [4.78, 5) is 26.0. The van der Waals surface area contributed by atoms with E-state index < -0.39 is 23.1 Å². The molecule has 0 spiro atoms. The van der Waals surface area contributed by atoms with Gasteiger partial charge in [0.1, 0.15) is 11.4 Å². The van der Waals surface area contributed by atoms with Crippen LogP contribution in [0.4, 0.5) is 18.9 Å². The molecule has 2 N–H and O–H groups in total. The standard InChI is InChI=1S/C19H16F3N3O3/c1-11-5-3-4-6-14(11)28-15-9-12(7-8-13(15)23-2)25-17(26)10-16(19(20,21)22)24-18(25)27/h3-10,23H,1-2H3,(H,24,27). The third kappa shape index (κ3) is 3.78. The maximum absolute atomic E-state index is 12.8. The molecule has 0 unspecified atom stereocenters. The molecule has 9 heteroatoms. The predicted molar refractivity (Wildman–Crippen MR) is 98.5 cm³/mol. The van der Waals surface area contributed by atoms with Crippen molar-refractivity contribution in [1.29, 1.82) is 0 Å². The normalized spacial score (nSPS) is 11.3. The Morgan fingerprint density at radius 2 is 1.75 bits per heavy atom. The molecular weight excluding hydrogens is 375 g/mol. The van der Waals surface area contributed by atoms with E-state index in [4.69, 9.17) is 4.74 Å². The van der Waals surface area contributed by atoms with Gasteiger partial charge in [0.25, 0.3) is 5.56 Å². The summed E-state index contributed by atoms with van der Waals surface area (Å²) in [6, 6.07) is 12.0. The number of nitrogens with one attached hydrogen (secondary N) is 2. The molecule has 0 aliphatic carbocycles. The van der Waals surface area contributed by atoms with Crippen LogP contribution < -0.4 is 21.3 Å². The lowest BCUT2D eigenvalue weighted by atomic mass is 10.2. The van der Waals surface area contributed by atoms with E-state index in [-0.39, 0.29) is 5.69 Å². The Morgan fingerprint density at radius 1 is 1.04 bits per heavy atom. The number of rotatable bonds is 4. The number of para-hydroxylation sites is 1. The van der Waals surface area contributed by atoms with Gasteiger partial charge in [0.05, 0.1) is 11.4 Å². The van der Waals surface area contributed by atoms with Crippen molar-refractivity contribution in [1.82, 2.24) is 9.55 Å². The van der Waals surface area contributed by atoms with Crippen molar-refractivity contribution >= 4 is 5.69 Å². The van der Waals surface area contributed by atoms with Gasteiger partial charge in [0, 0.05) is 19.2 Å². The Kier molecular flexibility index (Phi) is 5.00.